The van der Waals surface area contributed by atoms with Crippen LogP contribution >= 0.6 is 0 Å². The molecule has 178 valence electrons. The highest BCUT2D eigenvalue weighted by Crippen LogP contribution is 2.18. The van der Waals surface area contributed by atoms with Crippen LogP contribution in [0.25, 0.3) is 0 Å². The first-order valence-electron chi connectivity index (χ1n) is 10.8. The van der Waals surface area contributed by atoms with Crippen molar-refractivity contribution in [3.8, 4) is 0 Å². The summed E-state index contributed by atoms with van der Waals surface area (Å²) >= 11 is 0. The van der Waals surface area contributed by atoms with E-state index in [0.717, 1.165) is 5.01 Å². The number of nitrogens with one attached hydrogen (secondary N) is 2. The fourth-order valence-corrected chi connectivity index (χ4v) is 3.17. The molecule has 3 rings (SSSR count). The molecule has 1 aliphatic heterocycles. The third-order valence-corrected chi connectivity index (χ3v) is 4.92. The molecular weight excluding hydrogens is 442 g/mol. The van der Waals surface area contributed by atoms with E-state index < -0.39 is 42.2 Å². The normalized spacial score (nSPS) is 14.9. The number of amides is 3. The van der Waals surface area contributed by atoms with E-state index in [-0.39, 0.29) is 13.0 Å². The standard InChI is InChI=1S/C24H25N3O7/c1-2-12-33-23(31)17-8-10-19(11-9-17)25-20(28)15-34-24(32)18-13-21(29)27(14-18)26-22(30)16-6-4-3-5-7-16/h3-11,18H,2,12-15H2,1H3,(H,25,28)(H,26,30)/t18-/m1/s1. The van der Waals surface area contributed by atoms with Crippen LogP contribution in [0.4, 0.5) is 5.69 Å². The van der Waals surface area contributed by atoms with Gasteiger partial charge in [-0.3, -0.25) is 29.6 Å². The lowest BCUT2D eigenvalue weighted by atomic mass is 10.1. The zero-order valence-corrected chi connectivity index (χ0v) is 18.6. The van der Waals surface area contributed by atoms with Crippen LogP contribution in [0.3, 0.4) is 0 Å². The molecule has 0 aromatic heterocycles. The summed E-state index contributed by atoms with van der Waals surface area (Å²) in [5.41, 5.74) is 3.62. The van der Waals surface area contributed by atoms with Gasteiger partial charge in [0, 0.05) is 17.7 Å². The highest BCUT2D eigenvalue weighted by atomic mass is 16.5. The molecule has 2 N–H and O–H groups in total. The molecule has 2 aromatic carbocycles. The number of rotatable bonds is 9. The van der Waals surface area contributed by atoms with E-state index in [1.807, 2.05) is 6.92 Å². The number of hydrogen-bond donors (Lipinski definition) is 2. The first-order valence-corrected chi connectivity index (χ1v) is 10.8. The largest absolute Gasteiger partial charge is 0.462 e. The van der Waals surface area contributed by atoms with E-state index in [4.69, 9.17) is 9.47 Å². The van der Waals surface area contributed by atoms with E-state index in [9.17, 15) is 24.0 Å². The van der Waals surface area contributed by atoms with Crippen LogP contribution in [-0.4, -0.2) is 54.4 Å². The first-order chi connectivity index (χ1) is 16.4. The molecule has 10 nitrogen and oxygen atoms in total. The molecular formula is C24H25N3O7. The summed E-state index contributed by atoms with van der Waals surface area (Å²) in [4.78, 5) is 60.6. The predicted molar refractivity (Wildman–Crippen MR) is 120 cm³/mol. The lowest BCUT2D eigenvalue weighted by Crippen LogP contribution is -2.43. The average molecular weight is 467 g/mol. The summed E-state index contributed by atoms with van der Waals surface area (Å²) in [6.07, 6.45) is 0.582. The van der Waals surface area contributed by atoms with Crippen LogP contribution in [0.1, 0.15) is 40.5 Å². The second kappa shape index (κ2) is 11.6. The zero-order valence-electron chi connectivity index (χ0n) is 18.6. The Kier molecular flexibility index (Phi) is 8.33. The van der Waals surface area contributed by atoms with Crippen molar-refractivity contribution in [3.63, 3.8) is 0 Å². The van der Waals surface area contributed by atoms with Gasteiger partial charge in [-0.25, -0.2) is 4.79 Å². The van der Waals surface area contributed by atoms with Gasteiger partial charge < -0.3 is 14.8 Å². The molecule has 1 heterocycles. The number of hydrazine groups is 1. The van der Waals surface area contributed by atoms with Crippen LogP contribution < -0.4 is 10.7 Å². The summed E-state index contributed by atoms with van der Waals surface area (Å²) in [5, 5.41) is 3.63. The highest BCUT2D eigenvalue weighted by molar-refractivity contribution is 5.97. The number of benzene rings is 2. The van der Waals surface area contributed by atoms with E-state index in [1.165, 1.54) is 24.3 Å². The summed E-state index contributed by atoms with van der Waals surface area (Å²) in [7, 11) is 0. The van der Waals surface area contributed by atoms with Crippen LogP contribution in [0.15, 0.2) is 54.6 Å². The Bertz CT molecular complexity index is 1050. The summed E-state index contributed by atoms with van der Waals surface area (Å²) in [6, 6.07) is 14.5. The minimum Gasteiger partial charge on any atom is -0.462 e. The molecule has 1 aliphatic rings. The van der Waals surface area contributed by atoms with Crippen LogP contribution in [0.5, 0.6) is 0 Å². The third kappa shape index (κ3) is 6.64. The van der Waals surface area contributed by atoms with Crippen molar-refractivity contribution in [2.45, 2.75) is 19.8 Å². The molecule has 1 fully saturated rings. The minimum atomic E-state index is -0.801. The molecule has 1 saturated heterocycles. The second-order valence-corrected chi connectivity index (χ2v) is 7.58. The van der Waals surface area contributed by atoms with Crippen molar-refractivity contribution < 1.29 is 33.4 Å². The molecule has 0 saturated carbocycles. The Morgan fingerprint density at radius 1 is 0.971 bits per heavy atom. The van der Waals surface area contributed by atoms with Gasteiger partial charge in [0.1, 0.15) is 0 Å². The van der Waals surface area contributed by atoms with Crippen molar-refractivity contribution in [1.82, 2.24) is 10.4 Å². The topological polar surface area (TPSA) is 131 Å². The Morgan fingerprint density at radius 2 is 1.68 bits per heavy atom. The number of carbonyl (C=O) groups excluding carboxylic acids is 5. The Balaban J connectivity index is 1.43. The van der Waals surface area contributed by atoms with Gasteiger partial charge in [-0.1, -0.05) is 25.1 Å². The lowest BCUT2D eigenvalue weighted by Gasteiger charge is -2.17. The van der Waals surface area contributed by atoms with Crippen molar-refractivity contribution in [2.75, 3.05) is 25.1 Å². The molecule has 34 heavy (non-hydrogen) atoms. The number of anilines is 1. The molecule has 3 amide bonds. The predicted octanol–water partition coefficient (Wildman–Crippen LogP) is 1.93. The average Bonchev–Trinajstić information content (AvgIpc) is 3.22. The first kappa shape index (κ1) is 24.4. The van der Waals surface area contributed by atoms with E-state index in [1.54, 1.807) is 30.3 Å². The SMILES string of the molecule is CCCOC(=O)c1ccc(NC(=O)COC(=O)[C@@H]2CC(=O)N(NC(=O)c3ccccc3)C2)cc1. The number of esters is 2. The Morgan fingerprint density at radius 3 is 2.35 bits per heavy atom. The van der Waals surface area contributed by atoms with Crippen molar-refractivity contribution in [3.05, 3.63) is 65.7 Å². The molecule has 10 heteroatoms. The Hall–Kier alpha value is -4.21. The maximum atomic E-state index is 12.3. The molecule has 0 radical (unpaired) electrons. The number of hydrogen-bond acceptors (Lipinski definition) is 7. The van der Waals surface area contributed by atoms with E-state index >= 15 is 0 Å². The van der Waals surface area contributed by atoms with E-state index in [0.29, 0.717) is 29.8 Å². The third-order valence-electron chi connectivity index (χ3n) is 4.92. The van der Waals surface area contributed by atoms with Gasteiger partial charge in [0.05, 0.1) is 24.6 Å². The van der Waals surface area contributed by atoms with Crippen LogP contribution in [-0.2, 0) is 23.9 Å². The van der Waals surface area contributed by atoms with Crippen LogP contribution in [0.2, 0.25) is 0 Å². The van der Waals surface area contributed by atoms with Gasteiger partial charge in [0.25, 0.3) is 11.8 Å². The van der Waals surface area contributed by atoms with Gasteiger partial charge >= 0.3 is 11.9 Å². The van der Waals surface area contributed by atoms with Gasteiger partial charge in [-0.2, -0.15) is 0 Å². The number of nitrogens with zero attached hydrogens (tertiary/aromatic N) is 1. The quantitative estimate of drug-likeness (QED) is 0.539. The van der Waals surface area contributed by atoms with Crippen molar-refractivity contribution in [2.24, 2.45) is 5.92 Å². The number of carbonyl (C=O) groups is 5. The van der Waals surface area contributed by atoms with Gasteiger partial charge in [-0.15, -0.1) is 0 Å². The van der Waals surface area contributed by atoms with Gasteiger partial charge in [0.15, 0.2) is 6.61 Å². The maximum absolute atomic E-state index is 12.3. The van der Waals surface area contributed by atoms with Crippen molar-refractivity contribution >= 4 is 35.3 Å². The summed E-state index contributed by atoms with van der Waals surface area (Å²) in [5.74, 6) is -3.43. The summed E-state index contributed by atoms with van der Waals surface area (Å²) in [6.45, 7) is 1.63. The maximum Gasteiger partial charge on any atom is 0.338 e. The molecule has 0 aliphatic carbocycles. The van der Waals surface area contributed by atoms with E-state index in [2.05, 4.69) is 10.7 Å². The zero-order chi connectivity index (χ0) is 24.5. The molecule has 0 unspecified atom stereocenters. The van der Waals surface area contributed by atoms with Crippen molar-refractivity contribution in [1.29, 1.82) is 0 Å². The fraction of sp³-hybridized carbons (Fsp3) is 0.292. The molecule has 1 atom stereocenters. The minimum absolute atomic E-state index is 0.0482. The van der Waals surface area contributed by atoms with Gasteiger partial charge in [0.2, 0.25) is 5.91 Å². The van der Waals surface area contributed by atoms with Gasteiger partial charge in [-0.05, 0) is 42.8 Å². The smallest absolute Gasteiger partial charge is 0.338 e. The number of ether oxygens (including phenoxy) is 2. The van der Waals surface area contributed by atoms with Crippen LogP contribution in [0, 0.1) is 5.92 Å². The fourth-order valence-electron chi connectivity index (χ4n) is 3.17. The second-order valence-electron chi connectivity index (χ2n) is 7.58. The molecule has 0 bridgehead atoms. The molecule has 0 spiro atoms. The lowest BCUT2D eigenvalue weighted by molar-refractivity contribution is -0.151. The molecule has 2 aromatic rings. The highest BCUT2D eigenvalue weighted by Gasteiger charge is 2.36. The monoisotopic (exact) mass is 467 g/mol. The summed E-state index contributed by atoms with van der Waals surface area (Å²) < 4.78 is 10.1. The Labute approximate surface area is 196 Å².